The minimum absolute atomic E-state index is 0.127. The molecule has 0 spiro atoms. The van der Waals surface area contributed by atoms with Crippen molar-refractivity contribution >= 4 is 0 Å². The van der Waals surface area contributed by atoms with Crippen LogP contribution in [-0.4, -0.2) is 12.8 Å². The molecule has 1 nitrogen and oxygen atoms in total. The van der Waals surface area contributed by atoms with Crippen molar-refractivity contribution in [2.45, 2.75) is 32.9 Å². The molecule has 0 fully saturated rings. The van der Waals surface area contributed by atoms with Crippen molar-refractivity contribution in [3.8, 4) is 5.75 Å². The third-order valence-electron chi connectivity index (χ3n) is 2.00. The highest BCUT2D eigenvalue weighted by atomic mass is 19.1. The third kappa shape index (κ3) is 3.36. The number of halogens is 1. The summed E-state index contributed by atoms with van der Waals surface area (Å²) in [6, 6.07) is 7.81. The van der Waals surface area contributed by atoms with Crippen LogP contribution < -0.4 is 4.74 Å². The van der Waals surface area contributed by atoms with Gasteiger partial charge in [-0.25, -0.2) is 4.39 Å². The Labute approximate surface area is 84.9 Å². The number of benzene rings is 1. The van der Waals surface area contributed by atoms with Crippen molar-refractivity contribution in [2.24, 2.45) is 0 Å². The number of alkyl halides is 1. The highest BCUT2D eigenvalue weighted by Gasteiger charge is 2.02. The van der Waals surface area contributed by atoms with Gasteiger partial charge < -0.3 is 4.74 Å². The van der Waals surface area contributed by atoms with Gasteiger partial charge in [0.05, 0.1) is 0 Å². The van der Waals surface area contributed by atoms with Crippen LogP contribution in [0.5, 0.6) is 5.75 Å². The molecule has 0 aliphatic rings. The van der Waals surface area contributed by atoms with E-state index in [4.69, 9.17) is 4.74 Å². The molecule has 0 heterocycles. The Kier molecular flexibility index (Phi) is 3.93. The van der Waals surface area contributed by atoms with Gasteiger partial charge in [0, 0.05) is 0 Å². The first-order chi connectivity index (χ1) is 6.59. The molecule has 1 aromatic carbocycles. The first-order valence-corrected chi connectivity index (χ1v) is 4.96. The summed E-state index contributed by atoms with van der Waals surface area (Å²) < 4.78 is 17.8. The minimum atomic E-state index is -0.919. The van der Waals surface area contributed by atoms with Crippen LogP contribution >= 0.6 is 0 Å². The topological polar surface area (TPSA) is 9.23 Å². The van der Waals surface area contributed by atoms with E-state index in [1.807, 2.05) is 18.2 Å². The van der Waals surface area contributed by atoms with Crippen molar-refractivity contribution in [3.05, 3.63) is 29.8 Å². The van der Waals surface area contributed by atoms with Gasteiger partial charge in [0.1, 0.15) is 18.5 Å². The van der Waals surface area contributed by atoms with Gasteiger partial charge in [0.15, 0.2) is 0 Å². The van der Waals surface area contributed by atoms with Crippen LogP contribution in [0.1, 0.15) is 32.3 Å². The normalized spacial score (nSPS) is 12.9. The standard InChI is InChI=1S/C12H17FO/c1-9(2)11-5-4-6-12(7-11)14-8-10(3)13/h4-7,9-10H,8H2,1-3H3. The molecule has 0 saturated heterocycles. The summed E-state index contributed by atoms with van der Waals surface area (Å²) in [5.41, 5.74) is 1.22. The summed E-state index contributed by atoms with van der Waals surface area (Å²) in [5, 5.41) is 0. The molecule has 1 aromatic rings. The van der Waals surface area contributed by atoms with Crippen LogP contribution in [0, 0.1) is 0 Å². The lowest BCUT2D eigenvalue weighted by Crippen LogP contribution is -2.08. The molecule has 0 N–H and O–H groups in total. The number of ether oxygens (including phenoxy) is 1. The predicted octanol–water partition coefficient (Wildman–Crippen LogP) is 3.55. The van der Waals surface area contributed by atoms with Crippen molar-refractivity contribution in [1.29, 1.82) is 0 Å². The SMILES string of the molecule is CC(F)COc1cccc(C(C)C)c1. The summed E-state index contributed by atoms with van der Waals surface area (Å²) in [7, 11) is 0. The molecular formula is C12H17FO. The Morgan fingerprint density at radius 1 is 1.29 bits per heavy atom. The lowest BCUT2D eigenvalue weighted by Gasteiger charge is -2.10. The van der Waals surface area contributed by atoms with E-state index >= 15 is 0 Å². The Bertz CT molecular complexity index is 281. The Morgan fingerprint density at radius 3 is 2.57 bits per heavy atom. The van der Waals surface area contributed by atoms with E-state index in [0.29, 0.717) is 5.92 Å². The summed E-state index contributed by atoms with van der Waals surface area (Å²) in [4.78, 5) is 0. The summed E-state index contributed by atoms with van der Waals surface area (Å²) >= 11 is 0. The lowest BCUT2D eigenvalue weighted by atomic mass is 10.0. The molecule has 0 bridgehead atoms. The Balaban J connectivity index is 2.64. The fourth-order valence-corrected chi connectivity index (χ4v) is 1.17. The maximum atomic E-state index is 12.5. The van der Waals surface area contributed by atoms with Crippen LogP contribution in [0.25, 0.3) is 0 Å². The maximum Gasteiger partial charge on any atom is 0.131 e. The molecule has 0 radical (unpaired) electrons. The first kappa shape index (κ1) is 11.0. The molecule has 0 saturated carbocycles. The van der Waals surface area contributed by atoms with Crippen molar-refractivity contribution < 1.29 is 9.13 Å². The zero-order chi connectivity index (χ0) is 10.6. The van der Waals surface area contributed by atoms with E-state index in [1.54, 1.807) is 0 Å². The van der Waals surface area contributed by atoms with E-state index < -0.39 is 6.17 Å². The quantitative estimate of drug-likeness (QED) is 0.715. The second-order valence-electron chi connectivity index (χ2n) is 3.82. The second kappa shape index (κ2) is 4.99. The fraction of sp³-hybridized carbons (Fsp3) is 0.500. The molecule has 0 aliphatic carbocycles. The van der Waals surface area contributed by atoms with Crippen LogP contribution in [0.3, 0.4) is 0 Å². The molecule has 0 aromatic heterocycles. The average molecular weight is 196 g/mol. The van der Waals surface area contributed by atoms with E-state index in [9.17, 15) is 4.39 Å². The summed E-state index contributed by atoms with van der Waals surface area (Å²) in [6.45, 7) is 5.86. The molecular weight excluding hydrogens is 179 g/mol. The van der Waals surface area contributed by atoms with Gasteiger partial charge in [-0.1, -0.05) is 26.0 Å². The van der Waals surface area contributed by atoms with Crippen molar-refractivity contribution in [1.82, 2.24) is 0 Å². The lowest BCUT2D eigenvalue weighted by molar-refractivity contribution is 0.209. The molecule has 0 aliphatic heterocycles. The van der Waals surface area contributed by atoms with Crippen LogP contribution in [0.15, 0.2) is 24.3 Å². The zero-order valence-electron chi connectivity index (χ0n) is 8.96. The van der Waals surface area contributed by atoms with Gasteiger partial charge in [-0.2, -0.15) is 0 Å². The van der Waals surface area contributed by atoms with Gasteiger partial charge in [-0.3, -0.25) is 0 Å². The highest BCUT2D eigenvalue weighted by Crippen LogP contribution is 2.20. The third-order valence-corrected chi connectivity index (χ3v) is 2.00. The van der Waals surface area contributed by atoms with E-state index in [0.717, 1.165) is 5.75 Å². The van der Waals surface area contributed by atoms with Crippen LogP contribution in [0.2, 0.25) is 0 Å². The van der Waals surface area contributed by atoms with Crippen LogP contribution in [0.4, 0.5) is 4.39 Å². The van der Waals surface area contributed by atoms with Gasteiger partial charge in [-0.05, 0) is 30.5 Å². The second-order valence-corrected chi connectivity index (χ2v) is 3.82. The van der Waals surface area contributed by atoms with E-state index in [-0.39, 0.29) is 6.61 Å². The number of rotatable bonds is 4. The summed E-state index contributed by atoms with van der Waals surface area (Å²) in [6.07, 6.45) is -0.919. The molecule has 2 heteroatoms. The van der Waals surface area contributed by atoms with Crippen LogP contribution in [-0.2, 0) is 0 Å². The van der Waals surface area contributed by atoms with Gasteiger partial charge >= 0.3 is 0 Å². The fourth-order valence-electron chi connectivity index (χ4n) is 1.17. The maximum absolute atomic E-state index is 12.5. The summed E-state index contributed by atoms with van der Waals surface area (Å²) in [5.74, 6) is 1.22. The molecule has 1 atom stereocenters. The zero-order valence-corrected chi connectivity index (χ0v) is 8.96. The number of hydrogen-bond acceptors (Lipinski definition) is 1. The minimum Gasteiger partial charge on any atom is -0.491 e. The molecule has 14 heavy (non-hydrogen) atoms. The molecule has 78 valence electrons. The van der Waals surface area contributed by atoms with E-state index in [2.05, 4.69) is 19.9 Å². The van der Waals surface area contributed by atoms with E-state index in [1.165, 1.54) is 12.5 Å². The molecule has 0 amide bonds. The van der Waals surface area contributed by atoms with Gasteiger partial charge in [0.2, 0.25) is 0 Å². The molecule has 1 unspecified atom stereocenters. The predicted molar refractivity (Wildman–Crippen MR) is 56.6 cm³/mol. The highest BCUT2D eigenvalue weighted by molar-refractivity contribution is 5.30. The van der Waals surface area contributed by atoms with Gasteiger partial charge in [0.25, 0.3) is 0 Å². The molecule has 1 rings (SSSR count). The van der Waals surface area contributed by atoms with Crippen molar-refractivity contribution in [2.75, 3.05) is 6.61 Å². The Hall–Kier alpha value is -1.05. The number of hydrogen-bond donors (Lipinski definition) is 0. The van der Waals surface area contributed by atoms with Gasteiger partial charge in [-0.15, -0.1) is 0 Å². The van der Waals surface area contributed by atoms with Crippen molar-refractivity contribution in [3.63, 3.8) is 0 Å². The Morgan fingerprint density at radius 2 is 2.00 bits per heavy atom. The monoisotopic (exact) mass is 196 g/mol. The largest absolute Gasteiger partial charge is 0.491 e. The smallest absolute Gasteiger partial charge is 0.131 e. The first-order valence-electron chi connectivity index (χ1n) is 4.96. The average Bonchev–Trinajstić information content (AvgIpc) is 2.15.